The summed E-state index contributed by atoms with van der Waals surface area (Å²) < 4.78 is 3.25. The summed E-state index contributed by atoms with van der Waals surface area (Å²) in [4.78, 5) is 24.0. The van der Waals surface area contributed by atoms with Gasteiger partial charge in [0.15, 0.2) is 5.78 Å². The van der Waals surface area contributed by atoms with E-state index in [2.05, 4.69) is 6.58 Å². The molecule has 0 aliphatic heterocycles. The largest absolute Gasteiger partial charge is 0.460 e. The molecule has 0 aromatic heterocycles. The quantitative estimate of drug-likeness (QED) is 0.346. The highest BCUT2D eigenvalue weighted by atomic mass is 35.6. The molecule has 3 nitrogen and oxygen atoms in total. The molecule has 0 aromatic carbocycles. The molecule has 0 heterocycles. The zero-order valence-corrected chi connectivity index (χ0v) is 11.9. The van der Waals surface area contributed by atoms with Crippen molar-refractivity contribution in [3.05, 3.63) is 24.8 Å². The Morgan fingerprint density at radius 1 is 1.56 bits per heavy atom. The Kier molecular flexibility index (Phi) is 5.26. The van der Waals surface area contributed by atoms with Gasteiger partial charge in [0.1, 0.15) is 12.0 Å². The Bertz CT molecular complexity index is 385. The molecule has 1 rings (SSSR count). The van der Waals surface area contributed by atoms with Gasteiger partial charge in [-0.25, -0.2) is 0 Å². The van der Waals surface area contributed by atoms with Gasteiger partial charge < -0.3 is 4.74 Å². The minimum absolute atomic E-state index is 0.217. The van der Waals surface area contributed by atoms with E-state index in [1.54, 1.807) is 6.08 Å². The van der Waals surface area contributed by atoms with Crippen LogP contribution in [0, 0.1) is 5.41 Å². The lowest BCUT2D eigenvalue weighted by molar-refractivity contribution is -0.159. The lowest BCUT2D eigenvalue weighted by atomic mass is 9.73. The van der Waals surface area contributed by atoms with Crippen molar-refractivity contribution in [3.63, 3.8) is 0 Å². The van der Waals surface area contributed by atoms with Gasteiger partial charge in [-0.1, -0.05) is 47.0 Å². The van der Waals surface area contributed by atoms with Gasteiger partial charge in [-0.3, -0.25) is 9.59 Å². The fourth-order valence-corrected chi connectivity index (χ4v) is 1.99. The normalized spacial score (nSPS) is 23.8. The summed E-state index contributed by atoms with van der Waals surface area (Å²) in [5.41, 5.74) is -1.22. The molecular formula is C12H13Cl3O3. The Morgan fingerprint density at radius 2 is 2.22 bits per heavy atom. The molecule has 0 aromatic rings. The smallest absolute Gasteiger partial charge is 0.320 e. The second-order valence-corrected chi connectivity index (χ2v) is 6.59. The highest BCUT2D eigenvalue weighted by Gasteiger charge is 2.46. The van der Waals surface area contributed by atoms with E-state index in [0.717, 1.165) is 0 Å². The van der Waals surface area contributed by atoms with Crippen molar-refractivity contribution in [1.82, 2.24) is 0 Å². The lowest BCUT2D eigenvalue weighted by Crippen LogP contribution is -2.42. The van der Waals surface area contributed by atoms with Crippen LogP contribution in [0.5, 0.6) is 0 Å². The fraction of sp³-hybridized carbons (Fsp3) is 0.500. The summed E-state index contributed by atoms with van der Waals surface area (Å²) in [6.07, 6.45) is 5.87. The number of hydrogen-bond acceptors (Lipinski definition) is 3. The van der Waals surface area contributed by atoms with Gasteiger partial charge in [-0.2, -0.15) is 0 Å². The minimum atomic E-state index is -1.68. The van der Waals surface area contributed by atoms with Crippen molar-refractivity contribution in [3.8, 4) is 0 Å². The average Bonchev–Trinajstić information content (AvgIpc) is 2.28. The summed E-state index contributed by atoms with van der Waals surface area (Å²) in [6.45, 7) is 3.18. The Balaban J connectivity index is 2.85. The van der Waals surface area contributed by atoms with E-state index >= 15 is 0 Å². The van der Waals surface area contributed by atoms with Crippen molar-refractivity contribution in [2.45, 2.75) is 23.1 Å². The molecule has 18 heavy (non-hydrogen) atoms. The van der Waals surface area contributed by atoms with Crippen LogP contribution in [0.2, 0.25) is 0 Å². The molecule has 1 aliphatic carbocycles. The first-order valence-electron chi connectivity index (χ1n) is 5.38. The number of hydrogen-bond donors (Lipinski definition) is 0. The predicted molar refractivity (Wildman–Crippen MR) is 71.9 cm³/mol. The molecule has 0 saturated heterocycles. The average molecular weight is 312 g/mol. The topological polar surface area (TPSA) is 43.4 Å². The molecule has 0 amide bonds. The van der Waals surface area contributed by atoms with E-state index in [-0.39, 0.29) is 18.8 Å². The predicted octanol–water partition coefficient (Wildman–Crippen LogP) is 3.38. The van der Waals surface area contributed by atoms with Gasteiger partial charge in [0.2, 0.25) is 3.79 Å². The lowest BCUT2D eigenvalue weighted by Gasteiger charge is -2.30. The van der Waals surface area contributed by atoms with Gasteiger partial charge in [0.05, 0.1) is 0 Å². The van der Waals surface area contributed by atoms with Crippen molar-refractivity contribution in [1.29, 1.82) is 0 Å². The molecule has 0 saturated carbocycles. The first kappa shape index (κ1) is 15.5. The molecule has 0 radical (unpaired) electrons. The SMILES string of the molecule is C=CC[C@]1(C(=O)OCC(Cl)(Cl)Cl)CCC=CC1=O. The van der Waals surface area contributed by atoms with Crippen LogP contribution in [-0.4, -0.2) is 22.2 Å². The third-order valence-electron chi connectivity index (χ3n) is 2.73. The summed E-state index contributed by atoms with van der Waals surface area (Å²) in [6, 6.07) is 0. The standard InChI is InChI=1S/C12H13Cl3O3/c1-2-6-11(7-4-3-5-9(11)16)10(17)18-8-12(13,14)15/h2-3,5H,1,4,6-8H2/t11-/m0/s1. The van der Waals surface area contributed by atoms with Crippen LogP contribution < -0.4 is 0 Å². The number of ketones is 1. The zero-order valence-electron chi connectivity index (χ0n) is 9.63. The van der Waals surface area contributed by atoms with Crippen LogP contribution in [0.25, 0.3) is 0 Å². The summed E-state index contributed by atoms with van der Waals surface area (Å²) >= 11 is 16.5. The van der Waals surface area contributed by atoms with Gasteiger partial charge in [0.25, 0.3) is 0 Å². The molecule has 0 N–H and O–H groups in total. The minimum Gasteiger partial charge on any atom is -0.460 e. The molecule has 1 atom stereocenters. The Labute approximate surface area is 121 Å². The highest BCUT2D eigenvalue weighted by molar-refractivity contribution is 6.67. The van der Waals surface area contributed by atoms with Gasteiger partial charge in [0, 0.05) is 0 Å². The van der Waals surface area contributed by atoms with Gasteiger partial charge in [-0.15, -0.1) is 6.58 Å². The highest BCUT2D eigenvalue weighted by Crippen LogP contribution is 2.36. The second-order valence-electron chi connectivity index (χ2n) is 4.07. The Morgan fingerprint density at radius 3 is 2.72 bits per heavy atom. The second kappa shape index (κ2) is 6.09. The monoisotopic (exact) mass is 310 g/mol. The van der Waals surface area contributed by atoms with E-state index < -0.39 is 15.2 Å². The van der Waals surface area contributed by atoms with E-state index in [1.807, 2.05) is 0 Å². The van der Waals surface area contributed by atoms with E-state index in [0.29, 0.717) is 12.8 Å². The van der Waals surface area contributed by atoms with Crippen LogP contribution in [0.1, 0.15) is 19.3 Å². The fourth-order valence-electron chi connectivity index (χ4n) is 1.82. The van der Waals surface area contributed by atoms with Gasteiger partial charge >= 0.3 is 5.97 Å². The number of rotatable bonds is 4. The van der Waals surface area contributed by atoms with Gasteiger partial charge in [-0.05, 0) is 25.3 Å². The van der Waals surface area contributed by atoms with Crippen LogP contribution in [0.4, 0.5) is 0 Å². The molecular weight excluding hydrogens is 298 g/mol. The number of halogens is 3. The number of allylic oxidation sites excluding steroid dienone is 3. The van der Waals surface area contributed by atoms with Crippen LogP contribution >= 0.6 is 34.8 Å². The molecule has 6 heteroatoms. The zero-order chi connectivity index (χ0) is 13.8. The van der Waals surface area contributed by atoms with E-state index in [1.165, 1.54) is 12.2 Å². The number of carbonyl (C=O) groups is 2. The summed E-state index contributed by atoms with van der Waals surface area (Å²) in [5, 5.41) is 0. The number of carbonyl (C=O) groups excluding carboxylic acids is 2. The molecule has 100 valence electrons. The van der Waals surface area contributed by atoms with Crippen LogP contribution in [0.3, 0.4) is 0 Å². The third kappa shape index (κ3) is 3.74. The number of ether oxygens (including phenoxy) is 1. The summed E-state index contributed by atoms with van der Waals surface area (Å²) in [5.74, 6) is -0.953. The van der Waals surface area contributed by atoms with Crippen molar-refractivity contribution in [2.75, 3.05) is 6.61 Å². The molecule has 1 aliphatic rings. The maximum Gasteiger partial charge on any atom is 0.320 e. The summed E-state index contributed by atoms with van der Waals surface area (Å²) in [7, 11) is 0. The van der Waals surface area contributed by atoms with Crippen molar-refractivity contribution < 1.29 is 14.3 Å². The van der Waals surface area contributed by atoms with Crippen molar-refractivity contribution in [2.24, 2.45) is 5.41 Å². The van der Waals surface area contributed by atoms with E-state index in [9.17, 15) is 9.59 Å². The van der Waals surface area contributed by atoms with E-state index in [4.69, 9.17) is 39.5 Å². The molecule has 0 bridgehead atoms. The third-order valence-corrected chi connectivity index (χ3v) is 3.06. The molecule has 0 unspecified atom stereocenters. The first-order chi connectivity index (χ1) is 8.32. The number of alkyl halides is 3. The van der Waals surface area contributed by atoms with Crippen molar-refractivity contribution >= 4 is 46.6 Å². The Hall–Kier alpha value is -0.510. The molecule has 0 spiro atoms. The van der Waals surface area contributed by atoms with Crippen LogP contribution in [-0.2, 0) is 14.3 Å². The van der Waals surface area contributed by atoms with Crippen LogP contribution in [0.15, 0.2) is 24.8 Å². The molecule has 0 fully saturated rings. The maximum atomic E-state index is 12.1. The first-order valence-corrected chi connectivity index (χ1v) is 6.51. The number of esters is 1. The maximum absolute atomic E-state index is 12.1.